The van der Waals surface area contributed by atoms with Gasteiger partial charge in [-0.3, -0.25) is 9.59 Å². The Morgan fingerprint density at radius 3 is 2.72 bits per heavy atom. The van der Waals surface area contributed by atoms with Crippen molar-refractivity contribution in [3.8, 4) is 11.5 Å². The molecule has 0 unspecified atom stereocenters. The van der Waals surface area contributed by atoms with Crippen molar-refractivity contribution in [2.24, 2.45) is 0 Å². The first-order chi connectivity index (χ1) is 12.1. The van der Waals surface area contributed by atoms with Crippen LogP contribution in [0.4, 0.5) is 0 Å². The van der Waals surface area contributed by atoms with Gasteiger partial charge in [0.2, 0.25) is 0 Å². The molecule has 0 fully saturated rings. The van der Waals surface area contributed by atoms with Crippen LogP contribution in [0.1, 0.15) is 21.5 Å². The number of benzene rings is 2. The predicted molar refractivity (Wildman–Crippen MR) is 95.0 cm³/mol. The Morgan fingerprint density at radius 1 is 1.20 bits per heavy atom. The van der Waals surface area contributed by atoms with Crippen LogP contribution in [0.5, 0.6) is 11.5 Å². The average molecular weight is 337 g/mol. The average Bonchev–Trinajstić information content (AvgIpc) is 2.96. The minimum absolute atomic E-state index is 0.0644. The van der Waals surface area contributed by atoms with E-state index in [2.05, 4.69) is 5.32 Å². The Hall–Kier alpha value is -3.08. The molecule has 2 aromatic rings. The Balaban J connectivity index is 1.82. The molecule has 1 aliphatic rings. The van der Waals surface area contributed by atoms with Gasteiger partial charge < -0.3 is 14.8 Å². The monoisotopic (exact) mass is 337 g/mol. The number of likely N-dealkylation sites (N-methyl/N-ethyl adjacent to an activating group) is 1. The summed E-state index contributed by atoms with van der Waals surface area (Å²) in [5.74, 6) is 0.840. The van der Waals surface area contributed by atoms with Crippen LogP contribution in [0.15, 0.2) is 48.0 Å². The van der Waals surface area contributed by atoms with E-state index in [1.54, 1.807) is 19.2 Å². The molecular formula is C20H19NO4. The fourth-order valence-electron chi connectivity index (χ4n) is 2.78. The van der Waals surface area contributed by atoms with Crippen LogP contribution in [0.3, 0.4) is 0 Å². The number of nitrogens with one attached hydrogen (secondary N) is 1. The maximum absolute atomic E-state index is 12.5. The number of fused-ring (bicyclic) bond motifs is 1. The Labute approximate surface area is 146 Å². The lowest BCUT2D eigenvalue weighted by Crippen LogP contribution is -2.24. The van der Waals surface area contributed by atoms with E-state index in [9.17, 15) is 9.59 Å². The second-order valence-corrected chi connectivity index (χ2v) is 5.70. The smallest absolute Gasteiger partial charge is 0.257 e. The first-order valence-corrected chi connectivity index (χ1v) is 7.97. The molecule has 0 heterocycles. The second kappa shape index (κ2) is 7.21. The zero-order valence-electron chi connectivity index (χ0n) is 14.2. The minimum atomic E-state index is -0.220. The van der Waals surface area contributed by atoms with Crippen molar-refractivity contribution in [2.75, 3.05) is 20.8 Å². The van der Waals surface area contributed by atoms with Crippen molar-refractivity contribution in [1.29, 1.82) is 0 Å². The summed E-state index contributed by atoms with van der Waals surface area (Å²) in [5.41, 5.74) is 3.42. The maximum Gasteiger partial charge on any atom is 0.257 e. The van der Waals surface area contributed by atoms with Crippen molar-refractivity contribution in [3.63, 3.8) is 0 Å². The van der Waals surface area contributed by atoms with Gasteiger partial charge in [0.1, 0.15) is 0 Å². The molecule has 128 valence electrons. The van der Waals surface area contributed by atoms with Gasteiger partial charge in [0, 0.05) is 24.6 Å². The number of hydrogen-bond acceptors (Lipinski definition) is 4. The molecular weight excluding hydrogens is 318 g/mol. The molecule has 0 spiro atoms. The summed E-state index contributed by atoms with van der Waals surface area (Å²) in [5, 5.41) is 2.49. The van der Waals surface area contributed by atoms with Gasteiger partial charge >= 0.3 is 0 Å². The zero-order chi connectivity index (χ0) is 17.8. The van der Waals surface area contributed by atoms with Gasteiger partial charge in [-0.25, -0.2) is 0 Å². The second-order valence-electron chi connectivity index (χ2n) is 5.70. The zero-order valence-corrected chi connectivity index (χ0v) is 14.2. The summed E-state index contributed by atoms with van der Waals surface area (Å²) in [6, 6.07) is 13.0. The number of hydrogen-bond donors (Lipinski definition) is 1. The summed E-state index contributed by atoms with van der Waals surface area (Å²) < 4.78 is 10.8. The molecule has 0 aliphatic heterocycles. The van der Waals surface area contributed by atoms with E-state index in [1.807, 2.05) is 36.4 Å². The number of amides is 1. The first-order valence-electron chi connectivity index (χ1n) is 7.97. The van der Waals surface area contributed by atoms with Crippen LogP contribution in [-0.4, -0.2) is 32.5 Å². The van der Waals surface area contributed by atoms with Crippen LogP contribution < -0.4 is 14.8 Å². The molecule has 5 nitrogen and oxygen atoms in total. The molecule has 0 atom stereocenters. The van der Waals surface area contributed by atoms with Crippen LogP contribution in [0.25, 0.3) is 6.08 Å². The standard InChI is InChI=1S/C20H19NO4/c1-21-19(22)12-25-17-8-7-13(10-18(17)24-2)9-15-11-14-5-3-4-6-16(14)20(15)23/h3-10H,11-12H2,1-2H3,(H,21,22). The molecule has 0 aromatic heterocycles. The Kier molecular flexibility index (Phi) is 4.84. The molecule has 0 saturated carbocycles. The van der Waals surface area contributed by atoms with Gasteiger partial charge in [-0.15, -0.1) is 0 Å². The normalized spacial score (nSPS) is 14.3. The van der Waals surface area contributed by atoms with Crippen molar-refractivity contribution < 1.29 is 19.1 Å². The molecule has 0 saturated heterocycles. The van der Waals surface area contributed by atoms with E-state index in [0.29, 0.717) is 17.9 Å². The summed E-state index contributed by atoms with van der Waals surface area (Å²) >= 11 is 0. The number of ether oxygens (including phenoxy) is 2. The highest BCUT2D eigenvalue weighted by atomic mass is 16.5. The number of Topliss-reactive ketones (excluding diaryl/α,β-unsaturated/α-hetero) is 1. The van der Waals surface area contributed by atoms with Crippen LogP contribution in [-0.2, 0) is 11.2 Å². The van der Waals surface area contributed by atoms with E-state index in [0.717, 1.165) is 22.3 Å². The lowest BCUT2D eigenvalue weighted by Gasteiger charge is -2.11. The Morgan fingerprint density at radius 2 is 2.00 bits per heavy atom. The number of allylic oxidation sites excluding steroid dienone is 1. The largest absolute Gasteiger partial charge is 0.493 e. The van der Waals surface area contributed by atoms with Crippen molar-refractivity contribution >= 4 is 17.8 Å². The minimum Gasteiger partial charge on any atom is -0.493 e. The highest BCUT2D eigenvalue weighted by molar-refractivity contribution is 6.15. The molecule has 0 bridgehead atoms. The molecule has 1 amide bonds. The van der Waals surface area contributed by atoms with E-state index >= 15 is 0 Å². The van der Waals surface area contributed by atoms with Crippen LogP contribution in [0.2, 0.25) is 0 Å². The van der Waals surface area contributed by atoms with Crippen molar-refractivity contribution in [2.45, 2.75) is 6.42 Å². The summed E-state index contributed by atoms with van der Waals surface area (Å²) in [7, 11) is 3.09. The van der Waals surface area contributed by atoms with E-state index in [4.69, 9.17) is 9.47 Å². The van der Waals surface area contributed by atoms with Crippen molar-refractivity contribution in [3.05, 3.63) is 64.7 Å². The topological polar surface area (TPSA) is 64.6 Å². The molecule has 3 rings (SSSR count). The highest BCUT2D eigenvalue weighted by Gasteiger charge is 2.24. The van der Waals surface area contributed by atoms with Gasteiger partial charge in [-0.1, -0.05) is 30.3 Å². The number of ketones is 1. The van der Waals surface area contributed by atoms with E-state index < -0.39 is 0 Å². The summed E-state index contributed by atoms with van der Waals surface area (Å²) in [4.78, 5) is 23.8. The molecule has 1 aliphatic carbocycles. The highest BCUT2D eigenvalue weighted by Crippen LogP contribution is 2.31. The van der Waals surface area contributed by atoms with E-state index in [1.165, 1.54) is 7.11 Å². The molecule has 0 radical (unpaired) electrons. The molecule has 5 heteroatoms. The molecule has 2 aromatic carbocycles. The van der Waals surface area contributed by atoms with Gasteiger partial charge in [-0.05, 0) is 29.3 Å². The number of rotatable bonds is 5. The fourth-order valence-corrected chi connectivity index (χ4v) is 2.78. The summed E-state index contributed by atoms with van der Waals surface area (Å²) in [6.45, 7) is -0.0823. The van der Waals surface area contributed by atoms with Crippen LogP contribution in [0, 0.1) is 0 Å². The number of carbonyl (C=O) groups excluding carboxylic acids is 2. The quantitative estimate of drug-likeness (QED) is 0.852. The van der Waals surface area contributed by atoms with Crippen molar-refractivity contribution in [1.82, 2.24) is 5.32 Å². The maximum atomic E-state index is 12.5. The Bertz CT molecular complexity index is 855. The number of carbonyl (C=O) groups is 2. The van der Waals surface area contributed by atoms with Gasteiger partial charge in [0.25, 0.3) is 5.91 Å². The SMILES string of the molecule is CNC(=O)COc1ccc(C=C2Cc3ccccc3C2=O)cc1OC. The molecule has 25 heavy (non-hydrogen) atoms. The summed E-state index contributed by atoms with van der Waals surface area (Å²) in [6.07, 6.45) is 2.50. The first kappa shape index (κ1) is 16.8. The third kappa shape index (κ3) is 3.55. The lowest BCUT2D eigenvalue weighted by atomic mass is 10.1. The number of methoxy groups -OCH3 is 1. The van der Waals surface area contributed by atoms with Gasteiger partial charge in [0.15, 0.2) is 23.9 Å². The third-order valence-corrected chi connectivity index (χ3v) is 4.10. The third-order valence-electron chi connectivity index (χ3n) is 4.10. The van der Waals surface area contributed by atoms with Gasteiger partial charge in [0.05, 0.1) is 7.11 Å². The lowest BCUT2D eigenvalue weighted by molar-refractivity contribution is -0.122. The van der Waals surface area contributed by atoms with E-state index in [-0.39, 0.29) is 18.3 Å². The fraction of sp³-hybridized carbons (Fsp3) is 0.200. The predicted octanol–water partition coefficient (Wildman–Crippen LogP) is 2.64. The van der Waals surface area contributed by atoms with Crippen LogP contribution >= 0.6 is 0 Å². The molecule has 1 N–H and O–H groups in total. The van der Waals surface area contributed by atoms with Gasteiger partial charge in [-0.2, -0.15) is 0 Å².